The van der Waals surface area contributed by atoms with Crippen molar-refractivity contribution < 1.29 is 14.6 Å². The van der Waals surface area contributed by atoms with Crippen molar-refractivity contribution in [2.45, 2.75) is 32.0 Å². The first-order valence-corrected chi connectivity index (χ1v) is 6.37. The highest BCUT2D eigenvalue weighted by atomic mass is 16.5. The largest absolute Gasteiger partial charge is 0.496 e. The molecule has 2 rings (SSSR count). The number of rotatable bonds is 4. The lowest BCUT2D eigenvalue weighted by Gasteiger charge is -2.22. The van der Waals surface area contributed by atoms with E-state index in [-0.39, 0.29) is 6.04 Å². The van der Waals surface area contributed by atoms with E-state index in [0.717, 1.165) is 16.9 Å². The van der Waals surface area contributed by atoms with Gasteiger partial charge in [0, 0.05) is 24.7 Å². The summed E-state index contributed by atoms with van der Waals surface area (Å²) in [5.74, 6) is -0.0187. The maximum absolute atomic E-state index is 11.2. The van der Waals surface area contributed by atoms with Crippen LogP contribution in [-0.4, -0.2) is 41.7 Å². The van der Waals surface area contributed by atoms with Crippen molar-refractivity contribution in [3.05, 3.63) is 29.3 Å². The standard InChI is InChI=1S/C14H20N2O3/c1-9-3-4-13(19-2)10(5-9)7-16-8-11(15)6-12(16)14(17)18/h3-5,11-12H,6-8,15H2,1-2H3,(H,17,18). The van der Waals surface area contributed by atoms with Crippen LogP contribution in [0.1, 0.15) is 17.5 Å². The molecule has 5 heteroatoms. The second-order valence-corrected chi connectivity index (χ2v) is 5.09. The Morgan fingerprint density at radius 3 is 2.95 bits per heavy atom. The van der Waals surface area contributed by atoms with Gasteiger partial charge in [0.25, 0.3) is 0 Å². The minimum Gasteiger partial charge on any atom is -0.496 e. The van der Waals surface area contributed by atoms with Gasteiger partial charge in [-0.15, -0.1) is 0 Å². The minimum atomic E-state index is -0.806. The van der Waals surface area contributed by atoms with E-state index in [2.05, 4.69) is 0 Å². The predicted molar refractivity (Wildman–Crippen MR) is 72.2 cm³/mol. The van der Waals surface area contributed by atoms with Gasteiger partial charge in [0.2, 0.25) is 0 Å². The summed E-state index contributed by atoms with van der Waals surface area (Å²) in [6.07, 6.45) is 0.503. The number of carbonyl (C=O) groups is 1. The fraction of sp³-hybridized carbons (Fsp3) is 0.500. The van der Waals surface area contributed by atoms with Gasteiger partial charge in [0.05, 0.1) is 7.11 Å². The first-order valence-electron chi connectivity index (χ1n) is 6.37. The molecule has 1 fully saturated rings. The van der Waals surface area contributed by atoms with Crippen molar-refractivity contribution in [3.8, 4) is 5.75 Å². The molecule has 1 aromatic carbocycles. The van der Waals surface area contributed by atoms with Crippen molar-refractivity contribution in [1.82, 2.24) is 4.90 Å². The van der Waals surface area contributed by atoms with Gasteiger partial charge >= 0.3 is 5.97 Å². The van der Waals surface area contributed by atoms with Crippen LogP contribution in [0.25, 0.3) is 0 Å². The Kier molecular flexibility index (Phi) is 4.07. The second-order valence-electron chi connectivity index (χ2n) is 5.09. The van der Waals surface area contributed by atoms with E-state index in [1.807, 2.05) is 30.0 Å². The van der Waals surface area contributed by atoms with E-state index < -0.39 is 12.0 Å². The number of aryl methyl sites for hydroxylation is 1. The van der Waals surface area contributed by atoms with Crippen LogP contribution in [0.5, 0.6) is 5.75 Å². The molecule has 1 saturated heterocycles. The molecule has 5 nitrogen and oxygen atoms in total. The zero-order valence-electron chi connectivity index (χ0n) is 11.3. The van der Waals surface area contributed by atoms with Gasteiger partial charge in [-0.1, -0.05) is 17.7 Å². The smallest absolute Gasteiger partial charge is 0.320 e. The van der Waals surface area contributed by atoms with Gasteiger partial charge in [0.1, 0.15) is 11.8 Å². The lowest BCUT2D eigenvalue weighted by Crippen LogP contribution is -2.35. The molecule has 0 spiro atoms. The summed E-state index contributed by atoms with van der Waals surface area (Å²) < 4.78 is 5.33. The molecule has 1 aromatic rings. The van der Waals surface area contributed by atoms with E-state index in [9.17, 15) is 9.90 Å². The molecule has 1 aliphatic rings. The SMILES string of the molecule is COc1ccc(C)cc1CN1CC(N)CC1C(=O)O. The van der Waals surface area contributed by atoms with E-state index in [1.165, 1.54) is 0 Å². The monoisotopic (exact) mass is 264 g/mol. The fourth-order valence-electron chi connectivity index (χ4n) is 2.62. The van der Waals surface area contributed by atoms with Gasteiger partial charge in [-0.25, -0.2) is 0 Å². The quantitative estimate of drug-likeness (QED) is 0.848. The van der Waals surface area contributed by atoms with Crippen LogP contribution in [0.2, 0.25) is 0 Å². The number of hydrogen-bond donors (Lipinski definition) is 2. The van der Waals surface area contributed by atoms with Gasteiger partial charge in [-0.05, 0) is 19.4 Å². The predicted octanol–water partition coefficient (Wildman–Crippen LogP) is 0.990. The van der Waals surface area contributed by atoms with Gasteiger partial charge in [-0.2, -0.15) is 0 Å². The number of nitrogens with two attached hydrogens (primary N) is 1. The average Bonchev–Trinajstić information content (AvgIpc) is 2.71. The number of nitrogens with zero attached hydrogens (tertiary/aromatic N) is 1. The third-order valence-electron chi connectivity index (χ3n) is 3.53. The summed E-state index contributed by atoms with van der Waals surface area (Å²) >= 11 is 0. The summed E-state index contributed by atoms with van der Waals surface area (Å²) in [4.78, 5) is 13.1. The van der Waals surface area contributed by atoms with Crippen molar-refractivity contribution in [2.24, 2.45) is 5.73 Å². The van der Waals surface area contributed by atoms with E-state index in [4.69, 9.17) is 10.5 Å². The Labute approximate surface area is 113 Å². The molecule has 2 atom stereocenters. The highest BCUT2D eigenvalue weighted by Gasteiger charge is 2.35. The highest BCUT2D eigenvalue weighted by molar-refractivity contribution is 5.74. The summed E-state index contributed by atoms with van der Waals surface area (Å²) in [6.45, 7) is 3.16. The first-order chi connectivity index (χ1) is 9.01. The third kappa shape index (κ3) is 3.05. The molecule has 0 aliphatic carbocycles. The van der Waals surface area contributed by atoms with Gasteiger partial charge in [0.15, 0.2) is 0 Å². The second kappa shape index (κ2) is 5.59. The van der Waals surface area contributed by atoms with E-state index in [0.29, 0.717) is 19.5 Å². The summed E-state index contributed by atoms with van der Waals surface area (Å²) in [7, 11) is 1.62. The maximum Gasteiger partial charge on any atom is 0.320 e. The fourth-order valence-corrected chi connectivity index (χ4v) is 2.62. The maximum atomic E-state index is 11.2. The lowest BCUT2D eigenvalue weighted by molar-refractivity contribution is -0.142. The molecule has 104 valence electrons. The van der Waals surface area contributed by atoms with Crippen molar-refractivity contribution in [2.75, 3.05) is 13.7 Å². The number of aliphatic carboxylic acids is 1. The first kappa shape index (κ1) is 13.8. The summed E-state index contributed by atoms with van der Waals surface area (Å²) in [6, 6.07) is 5.35. The molecule has 3 N–H and O–H groups in total. The van der Waals surface area contributed by atoms with Gasteiger partial charge in [-0.3, -0.25) is 9.69 Å². The zero-order chi connectivity index (χ0) is 14.0. The highest BCUT2D eigenvalue weighted by Crippen LogP contribution is 2.25. The Morgan fingerprint density at radius 2 is 2.32 bits per heavy atom. The molecule has 2 unspecified atom stereocenters. The number of benzene rings is 1. The molecule has 0 bridgehead atoms. The molecule has 0 radical (unpaired) electrons. The summed E-state index contributed by atoms with van der Waals surface area (Å²) in [5, 5.41) is 9.23. The van der Waals surface area contributed by atoms with Crippen molar-refractivity contribution in [3.63, 3.8) is 0 Å². The summed E-state index contributed by atoms with van der Waals surface area (Å²) in [5.41, 5.74) is 8.00. The Bertz CT molecular complexity index is 476. The minimum absolute atomic E-state index is 0.0723. The number of hydrogen-bond acceptors (Lipinski definition) is 4. The number of likely N-dealkylation sites (tertiary alicyclic amines) is 1. The van der Waals surface area contributed by atoms with Crippen LogP contribution in [0.4, 0.5) is 0 Å². The molecule has 19 heavy (non-hydrogen) atoms. The third-order valence-corrected chi connectivity index (χ3v) is 3.53. The Hall–Kier alpha value is -1.59. The molecule has 1 heterocycles. The normalized spacial score (nSPS) is 23.5. The van der Waals surface area contributed by atoms with Crippen LogP contribution in [-0.2, 0) is 11.3 Å². The van der Waals surface area contributed by atoms with Crippen LogP contribution in [0.3, 0.4) is 0 Å². The molecule has 0 saturated carbocycles. The average molecular weight is 264 g/mol. The van der Waals surface area contributed by atoms with E-state index in [1.54, 1.807) is 7.11 Å². The number of carboxylic acids is 1. The topological polar surface area (TPSA) is 75.8 Å². The van der Waals surface area contributed by atoms with Crippen LogP contribution in [0.15, 0.2) is 18.2 Å². The van der Waals surface area contributed by atoms with Crippen LogP contribution >= 0.6 is 0 Å². The number of methoxy groups -OCH3 is 1. The molecule has 0 amide bonds. The number of ether oxygens (including phenoxy) is 1. The molecule has 1 aliphatic heterocycles. The lowest BCUT2D eigenvalue weighted by atomic mass is 10.1. The van der Waals surface area contributed by atoms with Crippen molar-refractivity contribution >= 4 is 5.97 Å². The van der Waals surface area contributed by atoms with Gasteiger partial charge < -0.3 is 15.6 Å². The van der Waals surface area contributed by atoms with Crippen molar-refractivity contribution in [1.29, 1.82) is 0 Å². The molecule has 0 aromatic heterocycles. The Balaban J connectivity index is 2.20. The number of carboxylic acid groups (broad SMARTS) is 1. The van der Waals surface area contributed by atoms with E-state index >= 15 is 0 Å². The van der Waals surface area contributed by atoms with Crippen LogP contribution < -0.4 is 10.5 Å². The zero-order valence-corrected chi connectivity index (χ0v) is 11.3. The molecular weight excluding hydrogens is 244 g/mol. The van der Waals surface area contributed by atoms with Crippen LogP contribution in [0, 0.1) is 6.92 Å². The molecular formula is C14H20N2O3. The Morgan fingerprint density at radius 1 is 1.58 bits per heavy atom.